The third kappa shape index (κ3) is 4.77. The van der Waals surface area contributed by atoms with Crippen molar-refractivity contribution in [3.8, 4) is 0 Å². The molecule has 1 amide bonds. The van der Waals surface area contributed by atoms with Gasteiger partial charge in [0.15, 0.2) is 0 Å². The molecule has 1 aromatic carbocycles. The number of hydrogen-bond donors (Lipinski definition) is 3. The molecule has 0 saturated heterocycles. The Kier molecular flexibility index (Phi) is 6.06. The van der Waals surface area contributed by atoms with Crippen molar-refractivity contribution < 1.29 is 22.5 Å². The van der Waals surface area contributed by atoms with Gasteiger partial charge in [0.25, 0.3) is 5.91 Å². The second-order valence-corrected chi connectivity index (χ2v) is 6.64. The molecule has 0 aliphatic heterocycles. The number of amides is 1. The Morgan fingerprint density at radius 3 is 2.53 bits per heavy atom. The van der Waals surface area contributed by atoms with Crippen LogP contribution in [0.3, 0.4) is 0 Å². The van der Waals surface area contributed by atoms with E-state index in [0.29, 0.717) is 16.9 Å². The quantitative estimate of drug-likeness (QED) is 0.405. The van der Waals surface area contributed by atoms with Gasteiger partial charge in [-0.15, -0.1) is 0 Å². The predicted octanol–water partition coefficient (Wildman–Crippen LogP) is 4.42. The summed E-state index contributed by atoms with van der Waals surface area (Å²) in [6.07, 6.45) is -0.537. The highest BCUT2D eigenvalue weighted by molar-refractivity contribution is 6.35. The van der Waals surface area contributed by atoms with Crippen LogP contribution >= 0.6 is 11.6 Å². The molecule has 3 N–H and O–H groups in total. The number of amidine groups is 1. The van der Waals surface area contributed by atoms with E-state index in [1.807, 2.05) is 0 Å². The monoisotopic (exact) mass is 437 g/mol. The molecule has 0 aliphatic carbocycles. The molecule has 7 nitrogen and oxygen atoms in total. The summed E-state index contributed by atoms with van der Waals surface area (Å²) in [6.45, 7) is 1.73. The average molecular weight is 438 g/mol. The fourth-order valence-corrected chi connectivity index (χ4v) is 2.84. The molecule has 11 heteroatoms. The van der Waals surface area contributed by atoms with Gasteiger partial charge < -0.3 is 15.2 Å². The first-order valence-corrected chi connectivity index (χ1v) is 8.89. The molecule has 0 fully saturated rings. The average Bonchev–Trinajstić information content (AvgIpc) is 3.12. The molecule has 0 spiro atoms. The van der Waals surface area contributed by atoms with E-state index in [1.54, 1.807) is 6.92 Å². The molecule has 0 saturated carbocycles. The van der Waals surface area contributed by atoms with Gasteiger partial charge in [0, 0.05) is 12.7 Å². The minimum Gasteiger partial charge on any atom is -0.379 e. The number of benzene rings is 1. The number of nitrogens with one attached hydrogen (secondary N) is 3. The second kappa shape index (κ2) is 8.54. The van der Waals surface area contributed by atoms with Crippen LogP contribution in [0.4, 0.5) is 18.9 Å². The first kappa shape index (κ1) is 21.3. The molecule has 3 rings (SSSR count). The Morgan fingerprint density at radius 1 is 1.23 bits per heavy atom. The summed E-state index contributed by atoms with van der Waals surface area (Å²) in [6, 6.07) is 4.65. The summed E-state index contributed by atoms with van der Waals surface area (Å²) >= 11 is 6.17. The van der Waals surface area contributed by atoms with Crippen molar-refractivity contribution in [1.82, 2.24) is 15.5 Å². The maximum absolute atomic E-state index is 12.7. The van der Waals surface area contributed by atoms with Crippen LogP contribution in [0.1, 0.15) is 32.7 Å². The van der Waals surface area contributed by atoms with Crippen LogP contribution in [0.5, 0.6) is 0 Å². The van der Waals surface area contributed by atoms with Gasteiger partial charge in [0.1, 0.15) is 17.7 Å². The van der Waals surface area contributed by atoms with Crippen LogP contribution in [0.2, 0.25) is 5.02 Å². The topological polar surface area (TPSA) is 104 Å². The third-order valence-corrected chi connectivity index (χ3v) is 4.43. The van der Waals surface area contributed by atoms with Gasteiger partial charge in [-0.1, -0.05) is 28.9 Å². The summed E-state index contributed by atoms with van der Waals surface area (Å²) in [5.74, 6) is -0.886. The van der Waals surface area contributed by atoms with Gasteiger partial charge in [-0.3, -0.25) is 15.2 Å². The van der Waals surface area contributed by atoms with Gasteiger partial charge in [-0.2, -0.15) is 13.2 Å². The lowest BCUT2D eigenvalue weighted by molar-refractivity contribution is -0.137. The van der Waals surface area contributed by atoms with Crippen molar-refractivity contribution in [3.63, 3.8) is 0 Å². The molecule has 0 bridgehead atoms. The first-order valence-electron chi connectivity index (χ1n) is 8.51. The Bertz CT molecular complexity index is 1080. The lowest BCUT2D eigenvalue weighted by atomic mass is 10.1. The van der Waals surface area contributed by atoms with Crippen LogP contribution in [-0.2, 0) is 12.7 Å². The van der Waals surface area contributed by atoms with Crippen molar-refractivity contribution in [3.05, 3.63) is 75.9 Å². The van der Waals surface area contributed by atoms with E-state index < -0.39 is 17.6 Å². The van der Waals surface area contributed by atoms with Crippen LogP contribution in [0.15, 0.2) is 47.4 Å². The summed E-state index contributed by atoms with van der Waals surface area (Å²) in [5, 5.41) is 17.3. The minimum atomic E-state index is -4.41. The van der Waals surface area contributed by atoms with Crippen LogP contribution in [0.25, 0.3) is 0 Å². The van der Waals surface area contributed by atoms with E-state index in [1.165, 1.54) is 24.5 Å². The molecule has 3 aromatic rings. The Balaban J connectivity index is 1.75. The summed E-state index contributed by atoms with van der Waals surface area (Å²) in [5.41, 5.74) is 0.871. The molecule has 2 aromatic heterocycles. The number of aryl methyl sites for hydroxylation is 1. The van der Waals surface area contributed by atoms with Gasteiger partial charge in [-0.25, -0.2) is 0 Å². The summed E-state index contributed by atoms with van der Waals surface area (Å²) in [7, 11) is 0. The first-order chi connectivity index (χ1) is 14.2. The normalized spacial score (nSPS) is 11.2. The maximum Gasteiger partial charge on any atom is 0.416 e. The number of carbonyl (C=O) groups excluding carboxylic acids is 1. The largest absolute Gasteiger partial charge is 0.416 e. The molecule has 156 valence electrons. The zero-order valence-corrected chi connectivity index (χ0v) is 16.2. The van der Waals surface area contributed by atoms with Crippen LogP contribution < -0.4 is 10.6 Å². The fraction of sp³-hybridized carbons (Fsp3) is 0.158. The number of carbonyl (C=O) groups is 1. The molecule has 30 heavy (non-hydrogen) atoms. The molecule has 0 unspecified atom stereocenters. The van der Waals surface area contributed by atoms with Crippen molar-refractivity contribution >= 4 is 29.0 Å². The lowest BCUT2D eigenvalue weighted by Gasteiger charge is -2.15. The van der Waals surface area contributed by atoms with E-state index in [4.69, 9.17) is 21.5 Å². The van der Waals surface area contributed by atoms with Crippen LogP contribution in [0, 0.1) is 12.3 Å². The smallest absolute Gasteiger partial charge is 0.379 e. The number of aromatic nitrogens is 2. The number of rotatable bonds is 5. The van der Waals surface area contributed by atoms with Crippen molar-refractivity contribution in [1.29, 1.82) is 5.41 Å². The van der Waals surface area contributed by atoms with E-state index in [9.17, 15) is 18.0 Å². The number of nitrogens with zero attached hydrogens (tertiary/aromatic N) is 2. The number of anilines is 1. The maximum atomic E-state index is 12.7. The fourth-order valence-electron chi connectivity index (χ4n) is 2.59. The molecular formula is C19H15ClF3N5O2. The van der Waals surface area contributed by atoms with Crippen molar-refractivity contribution in [2.75, 3.05) is 5.32 Å². The second-order valence-electron chi connectivity index (χ2n) is 6.23. The molecule has 0 radical (unpaired) electrons. The van der Waals surface area contributed by atoms with E-state index in [2.05, 4.69) is 20.8 Å². The Labute approximate surface area is 173 Å². The molecule has 2 heterocycles. The molecular weight excluding hydrogens is 423 g/mol. The highest BCUT2D eigenvalue weighted by atomic mass is 35.5. The SMILES string of the molecule is Cc1nocc1C(=O)NC(=N)c1c(Cl)cncc1NCc1ccc(C(F)(F)F)cc1. The standard InChI is InChI=1S/C19H15ClF3N5O2/c1-10-13(9-30-28-10)18(29)27-17(24)16-14(20)7-25-8-15(16)26-6-11-2-4-12(5-3-11)19(21,22)23/h2-5,7-9,26H,6H2,1H3,(H2,24,27,29). The zero-order valence-electron chi connectivity index (χ0n) is 15.5. The predicted molar refractivity (Wildman–Crippen MR) is 104 cm³/mol. The minimum absolute atomic E-state index is 0.111. The third-order valence-electron chi connectivity index (χ3n) is 4.15. The van der Waals surface area contributed by atoms with E-state index in [0.717, 1.165) is 18.4 Å². The molecule has 0 atom stereocenters. The number of pyridine rings is 1. The van der Waals surface area contributed by atoms with Crippen molar-refractivity contribution in [2.24, 2.45) is 0 Å². The summed E-state index contributed by atoms with van der Waals surface area (Å²) in [4.78, 5) is 16.3. The summed E-state index contributed by atoms with van der Waals surface area (Å²) < 4.78 is 42.8. The number of halogens is 4. The van der Waals surface area contributed by atoms with Crippen LogP contribution in [-0.4, -0.2) is 21.9 Å². The van der Waals surface area contributed by atoms with Gasteiger partial charge in [0.05, 0.1) is 33.7 Å². The van der Waals surface area contributed by atoms with Gasteiger partial charge in [-0.05, 0) is 24.6 Å². The number of hydrogen-bond acceptors (Lipinski definition) is 6. The lowest BCUT2D eigenvalue weighted by Crippen LogP contribution is -2.31. The van der Waals surface area contributed by atoms with Gasteiger partial charge in [0.2, 0.25) is 0 Å². The highest BCUT2D eigenvalue weighted by Gasteiger charge is 2.29. The van der Waals surface area contributed by atoms with E-state index in [-0.39, 0.29) is 28.5 Å². The Morgan fingerprint density at radius 2 is 1.93 bits per heavy atom. The Hall–Kier alpha value is -3.40. The van der Waals surface area contributed by atoms with E-state index >= 15 is 0 Å². The highest BCUT2D eigenvalue weighted by Crippen LogP contribution is 2.29. The zero-order chi connectivity index (χ0) is 21.9. The van der Waals surface area contributed by atoms with Crippen molar-refractivity contribution in [2.45, 2.75) is 19.6 Å². The molecule has 0 aliphatic rings. The number of alkyl halides is 3. The van der Waals surface area contributed by atoms with Gasteiger partial charge >= 0.3 is 6.18 Å².